The molecule has 1 aromatic heterocycles. The van der Waals surface area contributed by atoms with E-state index in [4.69, 9.17) is 9.47 Å². The molecule has 0 amide bonds. The van der Waals surface area contributed by atoms with E-state index < -0.39 is 0 Å². The molecule has 23 heavy (non-hydrogen) atoms. The summed E-state index contributed by atoms with van der Waals surface area (Å²) in [6.45, 7) is 0. The molecule has 1 heterocycles. The maximum absolute atomic E-state index is 5.38. The Labute approximate surface area is 138 Å². The van der Waals surface area contributed by atoms with Crippen molar-refractivity contribution >= 4 is 27.8 Å². The van der Waals surface area contributed by atoms with Crippen LogP contribution in [0.1, 0.15) is 5.56 Å². The Morgan fingerprint density at radius 1 is 1.04 bits per heavy atom. The highest BCUT2D eigenvalue weighted by atomic mass is 32.1. The lowest BCUT2D eigenvalue weighted by molar-refractivity contribution is 0.354. The zero-order valence-corrected chi connectivity index (χ0v) is 14.0. The highest BCUT2D eigenvalue weighted by Crippen LogP contribution is 2.29. The summed E-state index contributed by atoms with van der Waals surface area (Å²) in [4.78, 5) is 0.837. The van der Waals surface area contributed by atoms with Gasteiger partial charge in [-0.3, -0.25) is 0 Å². The number of thiazole rings is 1. The van der Waals surface area contributed by atoms with Crippen LogP contribution in [0.15, 0.2) is 52.7 Å². The zero-order chi connectivity index (χ0) is 16.2. The van der Waals surface area contributed by atoms with Crippen LogP contribution in [0.3, 0.4) is 0 Å². The van der Waals surface area contributed by atoms with Crippen molar-refractivity contribution in [1.29, 1.82) is 0 Å². The van der Waals surface area contributed by atoms with E-state index in [-0.39, 0.29) is 0 Å². The molecule has 3 rings (SSSR count). The summed E-state index contributed by atoms with van der Waals surface area (Å²) in [5.74, 6) is 1.32. The molecule has 0 aliphatic rings. The highest BCUT2D eigenvalue weighted by molar-refractivity contribution is 7.16. The molecule has 0 atom stereocenters. The first kappa shape index (κ1) is 15.3. The maximum atomic E-state index is 5.38. The van der Waals surface area contributed by atoms with Crippen LogP contribution in [0.5, 0.6) is 11.5 Å². The Hall–Kier alpha value is -2.60. The molecule has 3 aromatic rings. The fourth-order valence-corrected chi connectivity index (χ4v) is 3.31. The first-order valence-electron chi connectivity index (χ1n) is 7.07. The lowest BCUT2D eigenvalue weighted by Gasteiger charge is -2.08. The van der Waals surface area contributed by atoms with Crippen molar-refractivity contribution in [1.82, 2.24) is 4.57 Å². The van der Waals surface area contributed by atoms with Gasteiger partial charge in [0.25, 0.3) is 0 Å². The van der Waals surface area contributed by atoms with Crippen LogP contribution in [0, 0.1) is 0 Å². The van der Waals surface area contributed by atoms with Crippen LogP contribution in [-0.4, -0.2) is 25.0 Å². The van der Waals surface area contributed by atoms with Crippen molar-refractivity contribution in [3.8, 4) is 11.5 Å². The fraction of sp³-hybridized carbons (Fsp3) is 0.176. The van der Waals surface area contributed by atoms with Gasteiger partial charge in [0, 0.05) is 12.6 Å². The zero-order valence-electron chi connectivity index (χ0n) is 13.2. The molecular formula is C17H17N3O2S. The fourth-order valence-electron chi connectivity index (χ4n) is 2.33. The Kier molecular flexibility index (Phi) is 4.43. The van der Waals surface area contributed by atoms with Crippen molar-refractivity contribution in [2.45, 2.75) is 0 Å². The largest absolute Gasteiger partial charge is 0.493 e. The van der Waals surface area contributed by atoms with E-state index in [2.05, 4.69) is 22.3 Å². The lowest BCUT2D eigenvalue weighted by Crippen LogP contribution is -2.08. The highest BCUT2D eigenvalue weighted by Gasteiger charge is 2.07. The lowest BCUT2D eigenvalue weighted by atomic mass is 10.2. The predicted octanol–water partition coefficient (Wildman–Crippen LogP) is 3.19. The van der Waals surface area contributed by atoms with Gasteiger partial charge in [-0.2, -0.15) is 5.10 Å². The molecule has 0 aliphatic heterocycles. The number of benzene rings is 2. The number of rotatable bonds is 4. The van der Waals surface area contributed by atoms with Gasteiger partial charge in [-0.05, 0) is 24.3 Å². The molecule has 0 saturated heterocycles. The van der Waals surface area contributed by atoms with E-state index in [1.54, 1.807) is 31.8 Å². The Balaban J connectivity index is 1.98. The molecule has 0 fully saturated rings. The van der Waals surface area contributed by atoms with Gasteiger partial charge in [-0.1, -0.05) is 29.5 Å². The summed E-state index contributed by atoms with van der Waals surface area (Å²) in [5, 5.41) is 8.53. The van der Waals surface area contributed by atoms with Gasteiger partial charge in [0.1, 0.15) is 0 Å². The van der Waals surface area contributed by atoms with Crippen molar-refractivity contribution in [3.05, 3.63) is 52.8 Å². The number of methoxy groups -OCH3 is 2. The van der Waals surface area contributed by atoms with Gasteiger partial charge < -0.3 is 14.0 Å². The molecular weight excluding hydrogens is 310 g/mol. The molecule has 118 valence electrons. The summed E-state index contributed by atoms with van der Waals surface area (Å²) in [6, 6.07) is 13.8. The van der Waals surface area contributed by atoms with Gasteiger partial charge >= 0.3 is 0 Å². The van der Waals surface area contributed by atoms with Crippen LogP contribution in [0.2, 0.25) is 0 Å². The van der Waals surface area contributed by atoms with E-state index in [0.29, 0.717) is 11.5 Å². The number of nitrogens with zero attached hydrogens (tertiary/aromatic N) is 3. The summed E-state index contributed by atoms with van der Waals surface area (Å²) >= 11 is 1.60. The molecule has 0 N–H and O–H groups in total. The number of ether oxygens (including phenoxy) is 2. The molecule has 0 radical (unpaired) electrons. The molecule has 5 nitrogen and oxygen atoms in total. The standard InChI is InChI=1S/C17H17N3O2S/c1-20-13-8-4-5-10-15(13)23-17(20)19-18-11-12-7-6-9-14(21-2)16(12)22-3/h4-11H,1-3H3/b18-11+,19-17+. The monoisotopic (exact) mass is 327 g/mol. The van der Waals surface area contributed by atoms with Crippen molar-refractivity contribution in [2.75, 3.05) is 14.2 Å². The van der Waals surface area contributed by atoms with Crippen LogP contribution < -0.4 is 14.3 Å². The van der Waals surface area contributed by atoms with Gasteiger partial charge in [-0.25, -0.2) is 0 Å². The Bertz CT molecular complexity index is 925. The average molecular weight is 327 g/mol. The normalized spacial score (nSPS) is 12.2. The quantitative estimate of drug-likeness (QED) is 0.546. The third-order valence-electron chi connectivity index (χ3n) is 3.49. The Morgan fingerprint density at radius 2 is 1.87 bits per heavy atom. The van der Waals surface area contributed by atoms with Gasteiger partial charge in [0.2, 0.25) is 4.80 Å². The SMILES string of the molecule is COc1cccc(/C=N/N=c2/sc3ccccc3n2C)c1OC. The van der Waals surface area contributed by atoms with E-state index in [1.807, 2.05) is 41.9 Å². The van der Waals surface area contributed by atoms with Crippen molar-refractivity contribution < 1.29 is 9.47 Å². The minimum atomic E-state index is 0.648. The molecule has 0 aliphatic carbocycles. The minimum absolute atomic E-state index is 0.648. The van der Waals surface area contributed by atoms with Crippen LogP contribution in [0.25, 0.3) is 10.2 Å². The van der Waals surface area contributed by atoms with Crippen LogP contribution >= 0.6 is 11.3 Å². The van der Waals surface area contributed by atoms with Crippen molar-refractivity contribution in [2.24, 2.45) is 17.3 Å². The summed E-state index contributed by atoms with van der Waals surface area (Å²) in [7, 11) is 5.21. The third-order valence-corrected chi connectivity index (χ3v) is 4.59. The topological polar surface area (TPSA) is 48.1 Å². The number of aromatic nitrogens is 1. The predicted molar refractivity (Wildman–Crippen MR) is 93.5 cm³/mol. The van der Waals surface area contributed by atoms with Crippen LogP contribution in [0.4, 0.5) is 0 Å². The summed E-state index contributed by atoms with van der Waals surface area (Å²) in [6.07, 6.45) is 1.67. The summed E-state index contributed by atoms with van der Waals surface area (Å²) in [5.41, 5.74) is 1.96. The first-order valence-corrected chi connectivity index (χ1v) is 7.89. The smallest absolute Gasteiger partial charge is 0.211 e. The second-order valence-electron chi connectivity index (χ2n) is 4.84. The second kappa shape index (κ2) is 6.66. The maximum Gasteiger partial charge on any atom is 0.211 e. The number of para-hydroxylation sites is 2. The van der Waals surface area contributed by atoms with E-state index >= 15 is 0 Å². The molecule has 0 unspecified atom stereocenters. The van der Waals surface area contributed by atoms with E-state index in [0.717, 1.165) is 15.9 Å². The first-order chi connectivity index (χ1) is 11.2. The minimum Gasteiger partial charge on any atom is -0.493 e. The molecule has 0 saturated carbocycles. The third kappa shape index (κ3) is 2.98. The average Bonchev–Trinajstić information content (AvgIpc) is 2.91. The number of aryl methyl sites for hydroxylation is 1. The van der Waals surface area contributed by atoms with Crippen LogP contribution in [-0.2, 0) is 7.05 Å². The van der Waals surface area contributed by atoms with Crippen molar-refractivity contribution in [3.63, 3.8) is 0 Å². The molecule has 0 bridgehead atoms. The van der Waals surface area contributed by atoms with E-state index in [9.17, 15) is 0 Å². The number of hydrogen-bond donors (Lipinski definition) is 0. The molecule has 6 heteroatoms. The Morgan fingerprint density at radius 3 is 2.61 bits per heavy atom. The van der Waals surface area contributed by atoms with Gasteiger partial charge in [0.05, 0.1) is 30.7 Å². The molecule has 0 spiro atoms. The van der Waals surface area contributed by atoms with Gasteiger partial charge in [-0.15, -0.1) is 5.10 Å². The second-order valence-corrected chi connectivity index (χ2v) is 5.85. The summed E-state index contributed by atoms with van der Waals surface area (Å²) < 4.78 is 13.9. The van der Waals surface area contributed by atoms with E-state index in [1.165, 1.54) is 4.70 Å². The molecule has 2 aromatic carbocycles. The number of fused-ring (bicyclic) bond motifs is 1. The van der Waals surface area contributed by atoms with Gasteiger partial charge in [0.15, 0.2) is 11.5 Å². The number of hydrogen-bond acceptors (Lipinski definition) is 5.